The van der Waals surface area contributed by atoms with E-state index in [0.29, 0.717) is 17.3 Å². The van der Waals surface area contributed by atoms with Gasteiger partial charge in [0.25, 0.3) is 5.91 Å². The average Bonchev–Trinajstić information content (AvgIpc) is 2.38. The second-order valence-corrected chi connectivity index (χ2v) is 5.87. The average molecular weight is 313 g/mol. The van der Waals surface area contributed by atoms with E-state index < -0.39 is 0 Å². The van der Waals surface area contributed by atoms with Crippen LogP contribution in [0, 0.1) is 5.92 Å². The van der Waals surface area contributed by atoms with Crippen LogP contribution in [0.2, 0.25) is 0 Å². The normalized spacial score (nSPS) is 23.6. The Morgan fingerprint density at radius 2 is 2.22 bits per heavy atom. The first kappa shape index (κ1) is 13.3. The number of pyridine rings is 1. The number of aromatic nitrogens is 1. The van der Waals surface area contributed by atoms with Gasteiger partial charge >= 0.3 is 0 Å². The Morgan fingerprint density at radius 1 is 1.44 bits per heavy atom. The van der Waals surface area contributed by atoms with Crippen molar-refractivity contribution >= 4 is 21.8 Å². The molecule has 18 heavy (non-hydrogen) atoms. The lowest BCUT2D eigenvalue weighted by Gasteiger charge is -2.27. The molecule has 5 heteroatoms. The van der Waals surface area contributed by atoms with E-state index in [0.717, 1.165) is 12.8 Å². The van der Waals surface area contributed by atoms with Crippen LogP contribution < -0.4 is 10.7 Å². The van der Waals surface area contributed by atoms with Gasteiger partial charge in [0.1, 0.15) is 5.56 Å². The number of amides is 1. The minimum atomic E-state index is -0.290. The molecule has 0 spiro atoms. The highest BCUT2D eigenvalue weighted by atomic mass is 79.9. The maximum Gasteiger partial charge on any atom is 0.256 e. The molecule has 1 fully saturated rings. The lowest BCUT2D eigenvalue weighted by atomic mass is 9.89. The Labute approximate surface area is 114 Å². The number of carbonyl (C=O) groups is 1. The van der Waals surface area contributed by atoms with Crippen molar-refractivity contribution in [3.63, 3.8) is 0 Å². The van der Waals surface area contributed by atoms with E-state index in [1.807, 2.05) is 0 Å². The first-order valence-corrected chi connectivity index (χ1v) is 7.19. The van der Waals surface area contributed by atoms with Gasteiger partial charge in [0.15, 0.2) is 5.43 Å². The van der Waals surface area contributed by atoms with Gasteiger partial charge in [0, 0.05) is 29.8 Å². The van der Waals surface area contributed by atoms with E-state index in [1.165, 1.54) is 31.3 Å². The fraction of sp³-hybridized carbons (Fsp3) is 0.538. The summed E-state index contributed by atoms with van der Waals surface area (Å²) >= 11 is 3.66. The summed E-state index contributed by atoms with van der Waals surface area (Å²) in [6.45, 7) is 0.628. The van der Waals surface area contributed by atoms with Gasteiger partial charge in [-0.1, -0.05) is 28.8 Å². The predicted octanol–water partition coefficient (Wildman–Crippen LogP) is 2.06. The Kier molecular flexibility index (Phi) is 4.58. The van der Waals surface area contributed by atoms with Crippen molar-refractivity contribution < 1.29 is 4.79 Å². The van der Waals surface area contributed by atoms with Gasteiger partial charge < -0.3 is 10.3 Å². The van der Waals surface area contributed by atoms with E-state index in [2.05, 4.69) is 26.2 Å². The highest BCUT2D eigenvalue weighted by Gasteiger charge is 2.23. The van der Waals surface area contributed by atoms with Crippen molar-refractivity contribution in [1.29, 1.82) is 0 Å². The summed E-state index contributed by atoms with van der Waals surface area (Å²) in [6, 6.07) is 1.36. The summed E-state index contributed by atoms with van der Waals surface area (Å²) in [5, 5.41) is 2.85. The van der Waals surface area contributed by atoms with Gasteiger partial charge in [-0.2, -0.15) is 0 Å². The topological polar surface area (TPSA) is 62.0 Å². The van der Waals surface area contributed by atoms with E-state index in [-0.39, 0.29) is 16.9 Å². The molecule has 1 aromatic heterocycles. The molecule has 2 atom stereocenters. The number of rotatable bonds is 3. The number of carbonyl (C=O) groups excluding carboxylic acids is 1. The number of hydrogen-bond donors (Lipinski definition) is 2. The first-order chi connectivity index (χ1) is 8.68. The zero-order valence-electron chi connectivity index (χ0n) is 10.1. The molecule has 0 bridgehead atoms. The maximum absolute atomic E-state index is 11.9. The highest BCUT2D eigenvalue weighted by Crippen LogP contribution is 2.29. The Balaban J connectivity index is 1.92. The van der Waals surface area contributed by atoms with Gasteiger partial charge in [-0.25, -0.2) is 0 Å². The van der Waals surface area contributed by atoms with E-state index in [9.17, 15) is 9.59 Å². The fourth-order valence-electron chi connectivity index (χ4n) is 2.30. The van der Waals surface area contributed by atoms with Crippen LogP contribution in [0.4, 0.5) is 0 Å². The van der Waals surface area contributed by atoms with Crippen LogP contribution >= 0.6 is 15.9 Å². The van der Waals surface area contributed by atoms with Crippen LogP contribution in [0.25, 0.3) is 0 Å². The molecule has 98 valence electrons. The SMILES string of the molecule is O=C(NCC1CCCCC1Br)c1c[nH]ccc1=O. The summed E-state index contributed by atoms with van der Waals surface area (Å²) in [5.74, 6) is 0.174. The summed E-state index contributed by atoms with van der Waals surface area (Å²) in [5.41, 5.74) is -0.0651. The fourth-order valence-corrected chi connectivity index (χ4v) is 3.08. The third-order valence-electron chi connectivity index (χ3n) is 3.41. The van der Waals surface area contributed by atoms with Crippen molar-refractivity contribution in [3.8, 4) is 0 Å². The van der Waals surface area contributed by atoms with Crippen LogP contribution in [0.15, 0.2) is 23.3 Å². The van der Waals surface area contributed by atoms with E-state index >= 15 is 0 Å². The first-order valence-electron chi connectivity index (χ1n) is 6.28. The van der Waals surface area contributed by atoms with Crippen LogP contribution in [-0.2, 0) is 0 Å². The molecule has 1 aromatic rings. The predicted molar refractivity (Wildman–Crippen MR) is 74.1 cm³/mol. The van der Waals surface area contributed by atoms with Crippen LogP contribution in [0.3, 0.4) is 0 Å². The molecule has 1 aliphatic rings. The van der Waals surface area contributed by atoms with Crippen LogP contribution in [-0.4, -0.2) is 22.3 Å². The molecule has 0 saturated heterocycles. The van der Waals surface area contributed by atoms with E-state index in [1.54, 1.807) is 0 Å². The lowest BCUT2D eigenvalue weighted by Crippen LogP contribution is -2.36. The molecular formula is C13H17BrN2O2. The second-order valence-electron chi connectivity index (χ2n) is 4.69. The van der Waals surface area contributed by atoms with Gasteiger partial charge in [0.2, 0.25) is 0 Å². The van der Waals surface area contributed by atoms with Crippen molar-refractivity contribution in [2.75, 3.05) is 6.54 Å². The van der Waals surface area contributed by atoms with Crippen molar-refractivity contribution in [3.05, 3.63) is 34.2 Å². The Hall–Kier alpha value is -1.10. The molecule has 0 radical (unpaired) electrons. The number of aromatic amines is 1. The third-order valence-corrected chi connectivity index (χ3v) is 4.62. The van der Waals surface area contributed by atoms with Gasteiger partial charge in [0.05, 0.1) is 0 Å². The number of H-pyrrole nitrogens is 1. The Morgan fingerprint density at radius 3 is 2.94 bits per heavy atom. The van der Waals surface area contributed by atoms with Crippen molar-refractivity contribution in [2.45, 2.75) is 30.5 Å². The molecule has 1 amide bonds. The molecule has 0 aromatic carbocycles. The standard InChI is InChI=1S/C13H17BrN2O2/c14-11-4-2-1-3-9(11)7-16-13(18)10-8-15-6-5-12(10)17/h5-6,8-9,11H,1-4,7H2,(H,15,17)(H,16,18). The molecule has 2 unspecified atom stereocenters. The third kappa shape index (κ3) is 3.22. The van der Waals surface area contributed by atoms with Crippen molar-refractivity contribution in [2.24, 2.45) is 5.92 Å². The van der Waals surface area contributed by atoms with E-state index in [4.69, 9.17) is 0 Å². The summed E-state index contributed by atoms with van der Waals surface area (Å²) < 4.78 is 0. The molecule has 2 rings (SSSR count). The van der Waals surface area contributed by atoms with Gasteiger partial charge in [-0.15, -0.1) is 0 Å². The smallest absolute Gasteiger partial charge is 0.256 e. The molecule has 4 nitrogen and oxygen atoms in total. The number of nitrogens with one attached hydrogen (secondary N) is 2. The van der Waals surface area contributed by atoms with Gasteiger partial charge in [-0.3, -0.25) is 9.59 Å². The minimum absolute atomic E-state index is 0.180. The number of hydrogen-bond acceptors (Lipinski definition) is 2. The minimum Gasteiger partial charge on any atom is -0.367 e. The molecule has 1 heterocycles. The zero-order chi connectivity index (χ0) is 13.0. The summed E-state index contributed by atoms with van der Waals surface area (Å²) in [4.78, 5) is 26.6. The molecule has 1 saturated carbocycles. The van der Waals surface area contributed by atoms with Crippen molar-refractivity contribution in [1.82, 2.24) is 10.3 Å². The summed E-state index contributed by atoms with van der Waals surface area (Å²) in [7, 11) is 0. The summed E-state index contributed by atoms with van der Waals surface area (Å²) in [6.07, 6.45) is 7.72. The van der Waals surface area contributed by atoms with Crippen LogP contribution in [0.5, 0.6) is 0 Å². The number of alkyl halides is 1. The Bertz CT molecular complexity index is 472. The highest BCUT2D eigenvalue weighted by molar-refractivity contribution is 9.09. The zero-order valence-corrected chi connectivity index (χ0v) is 11.7. The number of halogens is 1. The molecule has 0 aliphatic heterocycles. The maximum atomic E-state index is 11.9. The second kappa shape index (κ2) is 6.18. The lowest BCUT2D eigenvalue weighted by molar-refractivity contribution is 0.0943. The largest absolute Gasteiger partial charge is 0.367 e. The van der Waals surface area contributed by atoms with Gasteiger partial charge in [-0.05, 0) is 18.8 Å². The van der Waals surface area contributed by atoms with Crippen LogP contribution in [0.1, 0.15) is 36.0 Å². The quantitative estimate of drug-likeness (QED) is 0.839. The molecule has 1 aliphatic carbocycles. The monoisotopic (exact) mass is 312 g/mol. The molecular weight excluding hydrogens is 296 g/mol. The molecule has 2 N–H and O–H groups in total.